The molecule has 0 spiro atoms. The van der Waals surface area contributed by atoms with Gasteiger partial charge in [-0.1, -0.05) is 64.3 Å². The Balaban J connectivity index is 0.000000409. The lowest BCUT2D eigenvalue weighted by Gasteiger charge is -2.18. The van der Waals surface area contributed by atoms with Crippen molar-refractivity contribution >= 4 is 12.0 Å². The Kier molecular flexibility index (Phi) is 7.10. The summed E-state index contributed by atoms with van der Waals surface area (Å²) in [6, 6.07) is 8.54. The van der Waals surface area contributed by atoms with Gasteiger partial charge in [0, 0.05) is 5.57 Å². The molecule has 1 rings (SSSR count). The minimum absolute atomic E-state index is 0.250. The monoisotopic (exact) mass is 314 g/mol. The summed E-state index contributed by atoms with van der Waals surface area (Å²) < 4.78 is 36.5. The number of carbonyl (C=O) groups is 1. The normalized spacial score (nSPS) is 11.0. The van der Waals surface area contributed by atoms with Gasteiger partial charge in [-0.15, -0.1) is 13.2 Å². The maximum absolute atomic E-state index is 11.2. The van der Waals surface area contributed by atoms with Crippen molar-refractivity contribution in [2.24, 2.45) is 0 Å². The summed E-state index contributed by atoms with van der Waals surface area (Å²) in [6.45, 7) is 14.5. The number of benzene rings is 1. The topological polar surface area (TPSA) is 26.3 Å². The van der Waals surface area contributed by atoms with Crippen molar-refractivity contribution in [1.29, 1.82) is 0 Å². The lowest BCUT2D eigenvalue weighted by Crippen LogP contribution is -2.19. The number of esters is 1. The number of halogens is 3. The fourth-order valence-electron chi connectivity index (χ4n) is 1.31. The third-order valence-electron chi connectivity index (χ3n) is 2.57. The summed E-state index contributed by atoms with van der Waals surface area (Å²) in [5.74, 6) is -1.45. The van der Waals surface area contributed by atoms with Crippen LogP contribution >= 0.6 is 0 Å². The van der Waals surface area contributed by atoms with Crippen LogP contribution in [-0.4, -0.2) is 12.3 Å². The van der Waals surface area contributed by atoms with Gasteiger partial charge in [-0.2, -0.15) is 0 Å². The highest BCUT2D eigenvalue weighted by Gasteiger charge is 2.33. The Hall–Kier alpha value is -2.04. The van der Waals surface area contributed by atoms with Crippen molar-refractivity contribution < 1.29 is 22.7 Å². The van der Waals surface area contributed by atoms with E-state index in [0.29, 0.717) is 0 Å². The van der Waals surface area contributed by atoms with Gasteiger partial charge in [0.25, 0.3) is 0 Å². The maximum atomic E-state index is 11.2. The zero-order valence-corrected chi connectivity index (χ0v) is 13.3. The number of ether oxygens (including phenoxy) is 1. The quantitative estimate of drug-likeness (QED) is 0.550. The van der Waals surface area contributed by atoms with Crippen LogP contribution in [0.1, 0.15) is 38.8 Å². The van der Waals surface area contributed by atoms with Crippen molar-refractivity contribution in [1.82, 2.24) is 0 Å². The zero-order valence-electron chi connectivity index (χ0n) is 13.3. The van der Waals surface area contributed by atoms with Crippen LogP contribution in [0.15, 0.2) is 43.0 Å². The predicted octanol–water partition coefficient (Wildman–Crippen LogP) is 5.25. The van der Waals surface area contributed by atoms with E-state index in [4.69, 9.17) is 0 Å². The Bertz CT molecular complexity index is 520. The fourth-order valence-corrected chi connectivity index (χ4v) is 1.31. The fraction of sp³-hybridized carbons (Fsp3) is 0.353. The molecule has 0 saturated heterocycles. The molecule has 2 nitrogen and oxygen atoms in total. The van der Waals surface area contributed by atoms with Crippen LogP contribution in [0.2, 0.25) is 0 Å². The van der Waals surface area contributed by atoms with Crippen molar-refractivity contribution in [3.63, 3.8) is 0 Å². The van der Waals surface area contributed by atoms with E-state index in [1.54, 1.807) is 0 Å². The summed E-state index contributed by atoms with van der Waals surface area (Å²) >= 11 is 0. The summed E-state index contributed by atoms with van der Waals surface area (Å²) in [6.07, 6.45) is -3.04. The molecule has 0 heterocycles. The molecule has 0 aromatic heterocycles. The first-order valence-electron chi connectivity index (χ1n) is 6.55. The van der Waals surface area contributed by atoms with Crippen molar-refractivity contribution in [2.45, 2.75) is 39.5 Å². The highest BCUT2D eigenvalue weighted by Crippen LogP contribution is 2.22. The maximum Gasteiger partial charge on any atom is 0.575 e. The molecule has 22 heavy (non-hydrogen) atoms. The smallest absolute Gasteiger partial charge is 0.369 e. The molecule has 0 aliphatic heterocycles. The number of carbonyl (C=O) groups excluding carboxylic acids is 1. The molecule has 0 radical (unpaired) electrons. The number of hydrogen-bond acceptors (Lipinski definition) is 2. The molecule has 0 atom stereocenters. The van der Waals surface area contributed by atoms with Gasteiger partial charge >= 0.3 is 12.3 Å². The van der Waals surface area contributed by atoms with Crippen LogP contribution in [0.3, 0.4) is 0 Å². The molecule has 0 N–H and O–H groups in total. The molecular formula is C17H21F3O2. The molecule has 122 valence electrons. The van der Waals surface area contributed by atoms with Gasteiger partial charge in [0.15, 0.2) is 0 Å². The second-order valence-electron chi connectivity index (χ2n) is 5.69. The molecule has 0 aliphatic carbocycles. The highest BCUT2D eigenvalue weighted by atomic mass is 19.4. The SMILES string of the molecule is C=C(C)C(=O)OC(F)(F)F.C=Cc1ccc(C(C)(C)C)cc1. The van der Waals surface area contributed by atoms with E-state index in [1.807, 2.05) is 6.08 Å². The van der Waals surface area contributed by atoms with E-state index in [-0.39, 0.29) is 11.0 Å². The molecule has 0 aliphatic rings. The first-order chi connectivity index (χ1) is 9.86. The molecular weight excluding hydrogens is 293 g/mol. The molecule has 0 saturated carbocycles. The standard InChI is InChI=1S/C12H16.C5H5F3O2/c1-5-10-6-8-11(9-7-10)12(2,3)4;1-3(2)4(9)10-5(6,7)8/h5-9H,1H2,2-4H3;1H2,2H3. The Morgan fingerprint density at radius 3 is 1.82 bits per heavy atom. The molecule has 1 aromatic rings. The minimum Gasteiger partial charge on any atom is -0.369 e. The minimum atomic E-state index is -4.91. The largest absolute Gasteiger partial charge is 0.575 e. The lowest BCUT2D eigenvalue weighted by atomic mass is 9.87. The molecule has 0 fully saturated rings. The van der Waals surface area contributed by atoms with Crippen LogP contribution < -0.4 is 0 Å². The van der Waals surface area contributed by atoms with E-state index >= 15 is 0 Å². The first kappa shape index (κ1) is 20.0. The van der Waals surface area contributed by atoms with E-state index < -0.39 is 12.3 Å². The van der Waals surface area contributed by atoms with Crippen LogP contribution in [0, 0.1) is 0 Å². The Morgan fingerprint density at radius 2 is 1.59 bits per heavy atom. The predicted molar refractivity (Wildman–Crippen MR) is 82.2 cm³/mol. The van der Waals surface area contributed by atoms with E-state index in [9.17, 15) is 18.0 Å². The van der Waals surface area contributed by atoms with Crippen molar-refractivity contribution in [2.75, 3.05) is 0 Å². The highest BCUT2D eigenvalue weighted by molar-refractivity contribution is 5.87. The van der Waals surface area contributed by atoms with Gasteiger partial charge in [-0.05, 0) is 23.5 Å². The van der Waals surface area contributed by atoms with Crippen LogP contribution in [0.4, 0.5) is 13.2 Å². The lowest BCUT2D eigenvalue weighted by molar-refractivity contribution is -0.303. The third kappa shape index (κ3) is 8.29. The average molecular weight is 314 g/mol. The van der Waals surface area contributed by atoms with E-state index in [1.165, 1.54) is 11.1 Å². The molecule has 1 aromatic carbocycles. The summed E-state index contributed by atoms with van der Waals surface area (Å²) in [7, 11) is 0. The Labute approximate surface area is 129 Å². The second-order valence-corrected chi connectivity index (χ2v) is 5.69. The number of hydrogen-bond donors (Lipinski definition) is 0. The summed E-state index contributed by atoms with van der Waals surface area (Å²) in [5, 5.41) is 0. The first-order valence-corrected chi connectivity index (χ1v) is 6.55. The molecule has 0 bridgehead atoms. The van der Waals surface area contributed by atoms with Crippen molar-refractivity contribution in [3.05, 3.63) is 54.1 Å². The van der Waals surface area contributed by atoms with Crippen molar-refractivity contribution in [3.8, 4) is 0 Å². The van der Waals surface area contributed by atoms with Gasteiger partial charge in [-0.25, -0.2) is 4.79 Å². The van der Waals surface area contributed by atoms with Crippen LogP contribution in [0.25, 0.3) is 6.08 Å². The molecule has 0 amide bonds. The van der Waals surface area contributed by atoms with Gasteiger partial charge in [0.2, 0.25) is 0 Å². The van der Waals surface area contributed by atoms with Crippen LogP contribution in [-0.2, 0) is 14.9 Å². The Morgan fingerprint density at radius 1 is 1.14 bits per heavy atom. The van der Waals surface area contributed by atoms with E-state index in [2.05, 4.69) is 62.9 Å². The molecule has 5 heteroatoms. The number of alkyl halides is 3. The summed E-state index contributed by atoms with van der Waals surface area (Å²) in [4.78, 5) is 10.1. The second kappa shape index (κ2) is 7.82. The average Bonchev–Trinajstić information content (AvgIpc) is 2.36. The third-order valence-corrected chi connectivity index (χ3v) is 2.57. The summed E-state index contributed by atoms with van der Waals surface area (Å²) in [5.41, 5.74) is 2.52. The molecule has 0 unspecified atom stereocenters. The number of rotatable bonds is 2. The van der Waals surface area contributed by atoms with Crippen LogP contribution in [0.5, 0.6) is 0 Å². The van der Waals surface area contributed by atoms with Gasteiger partial charge < -0.3 is 4.74 Å². The zero-order chi connectivity index (χ0) is 17.6. The van der Waals surface area contributed by atoms with E-state index in [0.717, 1.165) is 6.92 Å². The van der Waals surface area contributed by atoms with Gasteiger partial charge in [0.05, 0.1) is 0 Å². The van der Waals surface area contributed by atoms with Gasteiger partial charge in [-0.3, -0.25) is 0 Å². The van der Waals surface area contributed by atoms with Gasteiger partial charge in [0.1, 0.15) is 0 Å².